The lowest BCUT2D eigenvalue weighted by Crippen LogP contribution is -2.25. The Morgan fingerprint density at radius 3 is 1.48 bits per heavy atom. The van der Waals surface area contributed by atoms with Crippen LogP contribution in [0.1, 0.15) is 22.3 Å². The van der Waals surface area contributed by atoms with Gasteiger partial charge in [0.05, 0.1) is 0 Å². The summed E-state index contributed by atoms with van der Waals surface area (Å²) in [7, 11) is 2.02. The van der Waals surface area contributed by atoms with Crippen molar-refractivity contribution in [2.24, 2.45) is 7.05 Å². The zero-order chi connectivity index (χ0) is 15.9. The van der Waals surface area contributed by atoms with Crippen molar-refractivity contribution in [2.45, 2.75) is 0 Å². The molecule has 0 spiro atoms. The van der Waals surface area contributed by atoms with Gasteiger partial charge in [0.15, 0.2) is 12.4 Å². The third-order valence-corrected chi connectivity index (χ3v) is 3.58. The Kier molecular flexibility index (Phi) is 4.75. The minimum Gasteiger partial charge on any atom is -0.265 e. The second-order valence-corrected chi connectivity index (χ2v) is 5.41. The van der Waals surface area contributed by atoms with Crippen molar-refractivity contribution in [3.63, 3.8) is 0 Å². The van der Waals surface area contributed by atoms with Crippen LogP contribution < -0.4 is 4.57 Å². The van der Waals surface area contributed by atoms with Gasteiger partial charge < -0.3 is 0 Å². The number of hydrogen-bond acceptors (Lipinski definition) is 1. The molecule has 0 aliphatic heterocycles. The van der Waals surface area contributed by atoms with Gasteiger partial charge in [-0.1, -0.05) is 48.6 Å². The van der Waals surface area contributed by atoms with Crippen LogP contribution in [0.2, 0.25) is 0 Å². The highest BCUT2D eigenvalue weighted by Crippen LogP contribution is 2.12. The molecule has 2 aromatic heterocycles. The predicted octanol–water partition coefficient (Wildman–Crippen LogP) is 4.25. The van der Waals surface area contributed by atoms with Crippen molar-refractivity contribution in [1.29, 1.82) is 0 Å². The van der Waals surface area contributed by atoms with E-state index in [4.69, 9.17) is 0 Å². The van der Waals surface area contributed by atoms with Gasteiger partial charge >= 0.3 is 0 Å². The highest BCUT2D eigenvalue weighted by Gasteiger charge is 1.93. The second kappa shape index (κ2) is 7.32. The largest absolute Gasteiger partial charge is 0.265 e. The van der Waals surface area contributed by atoms with Gasteiger partial charge in [0.1, 0.15) is 7.05 Å². The second-order valence-electron chi connectivity index (χ2n) is 5.41. The fourth-order valence-electron chi connectivity index (χ4n) is 2.20. The van der Waals surface area contributed by atoms with Crippen molar-refractivity contribution in [1.82, 2.24) is 4.98 Å². The molecule has 2 heteroatoms. The molecule has 2 nitrogen and oxygen atoms in total. The maximum atomic E-state index is 4.02. The fraction of sp³-hybridized carbons (Fsp3) is 0.0476. The van der Waals surface area contributed by atoms with Crippen molar-refractivity contribution < 1.29 is 4.57 Å². The molecule has 3 rings (SSSR count). The number of nitrogens with zero attached hydrogens (tertiary/aromatic N) is 2. The van der Waals surface area contributed by atoms with Gasteiger partial charge in [-0.05, 0) is 34.4 Å². The zero-order valence-corrected chi connectivity index (χ0v) is 13.1. The van der Waals surface area contributed by atoms with Gasteiger partial charge in [0.2, 0.25) is 0 Å². The summed E-state index contributed by atoms with van der Waals surface area (Å²) in [4.78, 5) is 4.02. The first-order valence-corrected chi connectivity index (χ1v) is 7.61. The molecule has 0 amide bonds. The number of hydrogen-bond donors (Lipinski definition) is 0. The maximum Gasteiger partial charge on any atom is 0.169 e. The Labute approximate surface area is 137 Å². The van der Waals surface area contributed by atoms with Crippen molar-refractivity contribution in [3.05, 3.63) is 95.6 Å². The predicted molar refractivity (Wildman–Crippen MR) is 96.2 cm³/mol. The Balaban J connectivity index is 1.67. The van der Waals surface area contributed by atoms with Crippen LogP contribution >= 0.6 is 0 Å². The average molecular weight is 299 g/mol. The van der Waals surface area contributed by atoms with E-state index in [1.807, 2.05) is 36.1 Å². The highest BCUT2D eigenvalue weighted by atomic mass is 14.9. The van der Waals surface area contributed by atoms with E-state index < -0.39 is 0 Å². The fourth-order valence-corrected chi connectivity index (χ4v) is 2.20. The van der Waals surface area contributed by atoms with Crippen LogP contribution in [-0.4, -0.2) is 4.98 Å². The number of aryl methyl sites for hydroxylation is 1. The van der Waals surface area contributed by atoms with Gasteiger partial charge in [-0.3, -0.25) is 4.98 Å². The van der Waals surface area contributed by atoms with E-state index >= 15 is 0 Å². The molecule has 0 saturated heterocycles. The zero-order valence-electron chi connectivity index (χ0n) is 13.1. The molecule has 0 fully saturated rings. The normalized spacial score (nSPS) is 11.3. The molecule has 0 aliphatic rings. The summed E-state index contributed by atoms with van der Waals surface area (Å²) >= 11 is 0. The van der Waals surface area contributed by atoms with E-state index in [1.54, 1.807) is 12.4 Å². The summed E-state index contributed by atoms with van der Waals surface area (Å²) < 4.78 is 2.03. The monoisotopic (exact) mass is 299 g/mol. The molecule has 0 radical (unpaired) electrons. The van der Waals surface area contributed by atoms with E-state index in [-0.39, 0.29) is 0 Å². The number of pyridine rings is 2. The molecule has 2 heterocycles. The van der Waals surface area contributed by atoms with Crippen LogP contribution in [0.4, 0.5) is 0 Å². The summed E-state index contributed by atoms with van der Waals surface area (Å²) in [6.45, 7) is 0. The summed E-state index contributed by atoms with van der Waals surface area (Å²) in [5, 5.41) is 0. The highest BCUT2D eigenvalue weighted by molar-refractivity contribution is 5.72. The molecule has 3 aromatic rings. The van der Waals surface area contributed by atoms with Crippen LogP contribution in [0.15, 0.2) is 73.3 Å². The Morgan fingerprint density at radius 2 is 1.00 bits per heavy atom. The molecule has 0 bridgehead atoms. The summed E-state index contributed by atoms with van der Waals surface area (Å²) in [5.74, 6) is 0. The molecular formula is C21H19N2+. The van der Waals surface area contributed by atoms with Crippen LogP contribution in [0.25, 0.3) is 24.3 Å². The Hall–Kier alpha value is -3.00. The van der Waals surface area contributed by atoms with Crippen LogP contribution in [0.5, 0.6) is 0 Å². The topological polar surface area (TPSA) is 16.8 Å². The van der Waals surface area contributed by atoms with E-state index in [0.29, 0.717) is 0 Å². The van der Waals surface area contributed by atoms with Gasteiger partial charge in [-0.25, -0.2) is 4.57 Å². The molecule has 112 valence electrons. The lowest BCUT2D eigenvalue weighted by Gasteiger charge is -1.97. The molecule has 0 unspecified atom stereocenters. The van der Waals surface area contributed by atoms with Gasteiger partial charge in [0.25, 0.3) is 0 Å². The lowest BCUT2D eigenvalue weighted by atomic mass is 10.1. The van der Waals surface area contributed by atoms with Crippen LogP contribution in [0, 0.1) is 0 Å². The third-order valence-electron chi connectivity index (χ3n) is 3.58. The molecular weight excluding hydrogens is 280 g/mol. The van der Waals surface area contributed by atoms with Gasteiger partial charge in [0, 0.05) is 24.5 Å². The minimum atomic E-state index is 1.15. The van der Waals surface area contributed by atoms with Crippen molar-refractivity contribution >= 4 is 24.3 Å². The SMILES string of the molecule is C[n+]1ccc(/C=C/c2ccc(/C=C/c3ccncc3)cc2)cc1. The van der Waals surface area contributed by atoms with E-state index in [1.165, 1.54) is 16.7 Å². The van der Waals surface area contributed by atoms with E-state index in [9.17, 15) is 0 Å². The first-order valence-electron chi connectivity index (χ1n) is 7.61. The number of benzene rings is 1. The average Bonchev–Trinajstić information content (AvgIpc) is 2.61. The smallest absolute Gasteiger partial charge is 0.169 e. The Morgan fingerprint density at radius 1 is 0.609 bits per heavy atom. The number of aromatic nitrogens is 2. The molecule has 0 saturated carbocycles. The molecule has 0 N–H and O–H groups in total. The van der Waals surface area contributed by atoms with Crippen molar-refractivity contribution in [3.8, 4) is 0 Å². The van der Waals surface area contributed by atoms with Crippen LogP contribution in [-0.2, 0) is 7.05 Å². The minimum absolute atomic E-state index is 1.15. The van der Waals surface area contributed by atoms with Crippen LogP contribution in [0.3, 0.4) is 0 Å². The molecule has 23 heavy (non-hydrogen) atoms. The number of rotatable bonds is 4. The van der Waals surface area contributed by atoms with E-state index in [2.05, 4.69) is 65.7 Å². The Bertz CT molecular complexity index is 799. The summed E-state index contributed by atoms with van der Waals surface area (Å²) in [5.41, 5.74) is 4.73. The van der Waals surface area contributed by atoms with Gasteiger partial charge in [-0.15, -0.1) is 0 Å². The first kappa shape index (κ1) is 14.9. The third kappa shape index (κ3) is 4.48. The van der Waals surface area contributed by atoms with E-state index in [0.717, 1.165) is 5.56 Å². The first-order chi connectivity index (χ1) is 11.3. The summed E-state index contributed by atoms with van der Waals surface area (Å²) in [6, 6.07) is 16.7. The standard InChI is InChI=1S/C21H19N2/c1-23-16-12-21(13-17-23)9-7-19-4-2-18(3-5-19)6-8-20-10-14-22-15-11-20/h2-17H,1H3/q+1/b8-6+,9-7+. The molecule has 1 aromatic carbocycles. The maximum absolute atomic E-state index is 4.02. The molecule has 0 atom stereocenters. The van der Waals surface area contributed by atoms with Gasteiger partial charge in [-0.2, -0.15) is 0 Å². The lowest BCUT2D eigenvalue weighted by molar-refractivity contribution is -0.671. The summed E-state index contributed by atoms with van der Waals surface area (Å²) in [6.07, 6.45) is 16.2. The molecule has 0 aliphatic carbocycles. The quantitative estimate of drug-likeness (QED) is 0.658. The van der Waals surface area contributed by atoms with Crippen molar-refractivity contribution in [2.75, 3.05) is 0 Å².